The molecule has 2 aromatic heterocycles. The van der Waals surface area contributed by atoms with Gasteiger partial charge >= 0.3 is 0 Å². The lowest BCUT2D eigenvalue weighted by Gasteiger charge is -2.20. The van der Waals surface area contributed by atoms with Crippen LogP contribution in [-0.2, 0) is 6.42 Å². The van der Waals surface area contributed by atoms with Crippen LogP contribution in [0.2, 0.25) is 0 Å². The molecule has 0 aliphatic heterocycles. The lowest BCUT2D eigenvalue weighted by Crippen LogP contribution is -2.07. The van der Waals surface area contributed by atoms with Crippen LogP contribution in [0.25, 0.3) is 5.52 Å². The molecule has 0 atom stereocenters. The summed E-state index contributed by atoms with van der Waals surface area (Å²) in [5.74, 6) is 0. The number of benzene rings is 1. The number of pyridine rings is 1. The zero-order valence-corrected chi connectivity index (χ0v) is 17.3. The van der Waals surface area contributed by atoms with E-state index in [1.165, 1.54) is 67.0 Å². The van der Waals surface area contributed by atoms with E-state index in [-0.39, 0.29) is 0 Å². The minimum atomic E-state index is 0.997. The molecule has 1 heteroatoms. The van der Waals surface area contributed by atoms with Crippen molar-refractivity contribution in [2.75, 3.05) is 0 Å². The van der Waals surface area contributed by atoms with E-state index in [9.17, 15) is 0 Å². The van der Waals surface area contributed by atoms with Crippen molar-refractivity contribution in [1.29, 1.82) is 0 Å². The highest BCUT2D eigenvalue weighted by atomic mass is 14.9. The van der Waals surface area contributed by atoms with Crippen molar-refractivity contribution in [3.8, 4) is 0 Å². The molecule has 0 aliphatic carbocycles. The number of aryl methyl sites for hydroxylation is 2. The molecule has 25 heavy (non-hydrogen) atoms. The Morgan fingerprint density at radius 1 is 0.560 bits per heavy atom. The van der Waals surface area contributed by atoms with Crippen molar-refractivity contribution < 1.29 is 0 Å². The topological polar surface area (TPSA) is 4.41 Å². The van der Waals surface area contributed by atoms with Crippen LogP contribution in [0.1, 0.15) is 61.5 Å². The second kappa shape index (κ2) is 6.05. The summed E-state index contributed by atoms with van der Waals surface area (Å²) in [7, 11) is 0. The zero-order valence-electron chi connectivity index (χ0n) is 17.3. The first-order valence-electron chi connectivity index (χ1n) is 9.29. The van der Waals surface area contributed by atoms with E-state index in [2.05, 4.69) is 78.8 Å². The summed E-state index contributed by atoms with van der Waals surface area (Å²) in [6.45, 7) is 20.3. The van der Waals surface area contributed by atoms with Gasteiger partial charge in [0.2, 0.25) is 0 Å². The zero-order chi connectivity index (χ0) is 18.6. The third-order valence-electron chi connectivity index (χ3n) is 6.86. The molecule has 0 aliphatic rings. The molecule has 3 rings (SSSR count). The van der Waals surface area contributed by atoms with Gasteiger partial charge in [-0.05, 0) is 125 Å². The highest BCUT2D eigenvalue weighted by Gasteiger charge is 2.16. The summed E-state index contributed by atoms with van der Waals surface area (Å²) in [5, 5.41) is 0. The number of hydrogen-bond donors (Lipinski definition) is 0. The quantitative estimate of drug-likeness (QED) is 0.518. The highest BCUT2D eigenvalue weighted by Crippen LogP contribution is 2.30. The van der Waals surface area contributed by atoms with Crippen LogP contribution in [0, 0.1) is 62.3 Å². The second-order valence-corrected chi connectivity index (χ2v) is 7.79. The van der Waals surface area contributed by atoms with Crippen molar-refractivity contribution in [3.63, 3.8) is 0 Å². The molecule has 0 fully saturated rings. The van der Waals surface area contributed by atoms with Crippen LogP contribution in [0.5, 0.6) is 0 Å². The largest absolute Gasteiger partial charge is 0.317 e. The maximum Gasteiger partial charge on any atom is 0.0487 e. The number of fused-ring (bicyclic) bond motifs is 1. The summed E-state index contributed by atoms with van der Waals surface area (Å²) >= 11 is 0. The summed E-state index contributed by atoms with van der Waals surface area (Å²) in [6, 6.07) is 4.61. The number of aromatic nitrogens is 1. The monoisotopic (exact) mass is 333 g/mol. The summed E-state index contributed by atoms with van der Waals surface area (Å²) in [4.78, 5) is 0. The number of hydrogen-bond acceptors (Lipinski definition) is 0. The molecule has 0 unspecified atom stereocenters. The molecule has 0 amide bonds. The van der Waals surface area contributed by atoms with Gasteiger partial charge in [0.1, 0.15) is 0 Å². The lowest BCUT2D eigenvalue weighted by atomic mass is 9.87. The Hall–Kier alpha value is -2.02. The Morgan fingerprint density at radius 2 is 1.04 bits per heavy atom. The maximum absolute atomic E-state index is 2.47. The summed E-state index contributed by atoms with van der Waals surface area (Å²) in [5.41, 5.74) is 17.1. The van der Waals surface area contributed by atoms with E-state index in [1.54, 1.807) is 0 Å². The van der Waals surface area contributed by atoms with Crippen LogP contribution in [0.3, 0.4) is 0 Å². The van der Waals surface area contributed by atoms with Gasteiger partial charge in [0.05, 0.1) is 0 Å². The van der Waals surface area contributed by atoms with E-state index < -0.39 is 0 Å². The molecule has 1 aromatic carbocycles. The van der Waals surface area contributed by atoms with Gasteiger partial charge in [-0.15, -0.1) is 0 Å². The predicted molar refractivity (Wildman–Crippen MR) is 109 cm³/mol. The molecule has 0 saturated heterocycles. The van der Waals surface area contributed by atoms with Crippen molar-refractivity contribution >= 4 is 5.52 Å². The van der Waals surface area contributed by atoms with Gasteiger partial charge in [0, 0.05) is 23.3 Å². The fourth-order valence-electron chi connectivity index (χ4n) is 4.24. The molecule has 2 heterocycles. The van der Waals surface area contributed by atoms with E-state index in [1.807, 2.05) is 0 Å². The fraction of sp³-hybridized carbons (Fsp3) is 0.417. The molecule has 132 valence electrons. The number of rotatable bonds is 2. The van der Waals surface area contributed by atoms with E-state index in [0.717, 1.165) is 6.42 Å². The Bertz CT molecular complexity index is 970. The van der Waals surface area contributed by atoms with Crippen molar-refractivity contribution in [2.45, 2.75) is 68.7 Å². The molecule has 0 spiro atoms. The van der Waals surface area contributed by atoms with E-state index in [4.69, 9.17) is 0 Å². The standard InChI is InChI=1S/C24H31N/c1-13-14(2)18(6)23(19(7)15(13)3)12-22-10-11-24-20(8)16(4)17(5)21(9)25(22)24/h10-11H,12H2,1-9H3. The van der Waals surface area contributed by atoms with Crippen molar-refractivity contribution in [1.82, 2.24) is 4.40 Å². The molecule has 0 bridgehead atoms. The van der Waals surface area contributed by atoms with Gasteiger partial charge < -0.3 is 4.40 Å². The predicted octanol–water partition coefficient (Wildman–Crippen LogP) is 6.31. The molecule has 3 aromatic rings. The van der Waals surface area contributed by atoms with Crippen LogP contribution >= 0.6 is 0 Å². The van der Waals surface area contributed by atoms with Crippen LogP contribution in [0.15, 0.2) is 12.1 Å². The second-order valence-electron chi connectivity index (χ2n) is 7.79. The number of nitrogens with zero attached hydrogens (tertiary/aromatic N) is 1. The van der Waals surface area contributed by atoms with Crippen molar-refractivity contribution in [3.05, 3.63) is 73.6 Å². The SMILES string of the molecule is Cc1c(C)c(C)c(Cc2ccc3c(C)c(C)c(C)c(C)n23)c(C)c1C. The first-order valence-corrected chi connectivity index (χ1v) is 9.29. The Labute approximate surface area is 152 Å². The molecular formula is C24H31N. The molecule has 0 N–H and O–H groups in total. The maximum atomic E-state index is 2.47. The van der Waals surface area contributed by atoms with Crippen LogP contribution in [0.4, 0.5) is 0 Å². The average molecular weight is 334 g/mol. The minimum absolute atomic E-state index is 0.997. The van der Waals surface area contributed by atoms with Gasteiger partial charge in [-0.1, -0.05) is 0 Å². The van der Waals surface area contributed by atoms with Gasteiger partial charge in [0.25, 0.3) is 0 Å². The van der Waals surface area contributed by atoms with Crippen LogP contribution in [-0.4, -0.2) is 4.40 Å². The van der Waals surface area contributed by atoms with Crippen molar-refractivity contribution in [2.24, 2.45) is 0 Å². The minimum Gasteiger partial charge on any atom is -0.317 e. The highest BCUT2D eigenvalue weighted by molar-refractivity contribution is 5.63. The van der Waals surface area contributed by atoms with Gasteiger partial charge in [-0.2, -0.15) is 0 Å². The van der Waals surface area contributed by atoms with Gasteiger partial charge in [-0.25, -0.2) is 0 Å². The summed E-state index contributed by atoms with van der Waals surface area (Å²) in [6.07, 6.45) is 0.997. The van der Waals surface area contributed by atoms with Gasteiger partial charge in [0.15, 0.2) is 0 Å². The van der Waals surface area contributed by atoms with E-state index >= 15 is 0 Å². The summed E-state index contributed by atoms with van der Waals surface area (Å²) < 4.78 is 2.47. The molecule has 0 saturated carbocycles. The average Bonchev–Trinajstić information content (AvgIpc) is 3.02. The normalized spacial score (nSPS) is 11.6. The van der Waals surface area contributed by atoms with Crippen LogP contribution < -0.4 is 0 Å². The van der Waals surface area contributed by atoms with E-state index in [0.29, 0.717) is 0 Å². The first-order chi connectivity index (χ1) is 11.7. The van der Waals surface area contributed by atoms with Gasteiger partial charge in [-0.3, -0.25) is 0 Å². The Balaban J connectivity index is 2.25. The fourth-order valence-corrected chi connectivity index (χ4v) is 4.24. The third-order valence-corrected chi connectivity index (χ3v) is 6.86. The smallest absolute Gasteiger partial charge is 0.0487 e. The first kappa shape index (κ1) is 17.8. The molecule has 0 radical (unpaired) electrons. The Kier molecular flexibility index (Phi) is 4.31. The molecular weight excluding hydrogens is 302 g/mol. The third kappa shape index (κ3) is 2.52. The lowest BCUT2D eigenvalue weighted by molar-refractivity contribution is 0.940. The molecule has 1 nitrogen and oxygen atoms in total. The Morgan fingerprint density at radius 3 is 1.60 bits per heavy atom.